The summed E-state index contributed by atoms with van der Waals surface area (Å²) in [6.45, 7) is 0.148. The molecule has 0 aliphatic rings. The number of hydrogen-bond donors (Lipinski definition) is 3. The third kappa shape index (κ3) is 5.48. The highest BCUT2D eigenvalue weighted by Crippen LogP contribution is 2.15. The molecule has 7 heteroatoms. The molecule has 1 rings (SSSR count). The van der Waals surface area contributed by atoms with Crippen LogP contribution < -0.4 is 5.32 Å². The van der Waals surface area contributed by atoms with E-state index in [2.05, 4.69) is 21.2 Å². The van der Waals surface area contributed by atoms with E-state index in [1.165, 1.54) is 11.1 Å². The van der Waals surface area contributed by atoms with Crippen molar-refractivity contribution in [2.75, 3.05) is 26.3 Å². The minimum atomic E-state index is -0.523. The Bertz CT molecular complexity index is 563. The lowest BCUT2D eigenvalue weighted by molar-refractivity contribution is -0.127. The van der Waals surface area contributed by atoms with E-state index >= 15 is 0 Å². The molecule has 0 atom stereocenters. The molecule has 6 nitrogen and oxygen atoms in total. The Balaban J connectivity index is 2.71. The molecule has 0 radical (unpaired) electrons. The van der Waals surface area contributed by atoms with Crippen LogP contribution in [0.2, 0.25) is 0 Å². The van der Waals surface area contributed by atoms with Gasteiger partial charge in [-0.05, 0) is 11.6 Å². The average Bonchev–Trinajstić information content (AvgIpc) is 2.52. The Labute approximate surface area is 137 Å². The largest absolute Gasteiger partial charge is 0.395 e. The molecule has 0 saturated carbocycles. The van der Waals surface area contributed by atoms with E-state index < -0.39 is 5.91 Å². The van der Waals surface area contributed by atoms with Gasteiger partial charge >= 0.3 is 0 Å². The summed E-state index contributed by atoms with van der Waals surface area (Å²) in [5, 5.41) is 29.9. The first-order chi connectivity index (χ1) is 10.6. The Morgan fingerprint density at radius 2 is 1.95 bits per heavy atom. The monoisotopic (exact) mass is 367 g/mol. The van der Waals surface area contributed by atoms with E-state index in [1.807, 2.05) is 30.3 Å². The van der Waals surface area contributed by atoms with Crippen molar-refractivity contribution in [3.63, 3.8) is 0 Å². The van der Waals surface area contributed by atoms with Gasteiger partial charge in [-0.2, -0.15) is 5.26 Å². The van der Waals surface area contributed by atoms with Crippen molar-refractivity contribution in [1.82, 2.24) is 10.2 Å². The van der Waals surface area contributed by atoms with Crippen LogP contribution in [0.15, 0.2) is 40.5 Å². The first kappa shape index (κ1) is 18.2. The smallest absolute Gasteiger partial charge is 0.266 e. The van der Waals surface area contributed by atoms with Gasteiger partial charge in [0, 0.05) is 30.3 Å². The summed E-state index contributed by atoms with van der Waals surface area (Å²) in [6, 6.07) is 9.45. The highest BCUT2D eigenvalue weighted by atomic mass is 79.9. The van der Waals surface area contributed by atoms with Gasteiger partial charge in [0.05, 0.1) is 13.2 Å². The van der Waals surface area contributed by atoms with Crippen molar-refractivity contribution in [3.05, 3.63) is 46.1 Å². The summed E-state index contributed by atoms with van der Waals surface area (Å²) in [7, 11) is 0. The zero-order valence-corrected chi connectivity index (χ0v) is 13.6. The molecule has 22 heavy (non-hydrogen) atoms. The second-order valence-electron chi connectivity index (χ2n) is 4.38. The number of nitrogens with zero attached hydrogens (tertiary/aromatic N) is 2. The molecular formula is C15H18BrN3O3. The summed E-state index contributed by atoms with van der Waals surface area (Å²) < 4.78 is 0.933. The van der Waals surface area contributed by atoms with Gasteiger partial charge in [-0.1, -0.05) is 34.1 Å². The highest BCUT2D eigenvalue weighted by molar-refractivity contribution is 9.10. The molecule has 118 valence electrons. The summed E-state index contributed by atoms with van der Waals surface area (Å²) in [4.78, 5) is 13.4. The van der Waals surface area contributed by atoms with E-state index in [1.54, 1.807) is 0 Å². The second kappa shape index (κ2) is 9.95. The van der Waals surface area contributed by atoms with Crippen LogP contribution in [0.3, 0.4) is 0 Å². The van der Waals surface area contributed by atoms with Gasteiger partial charge in [-0.25, -0.2) is 0 Å². The number of rotatable bonds is 8. The Hall–Kier alpha value is -1.88. The number of aliphatic hydroxyl groups excluding tert-OH is 2. The molecular weight excluding hydrogens is 350 g/mol. The summed E-state index contributed by atoms with van der Waals surface area (Å²) in [5.41, 5.74) is 0.917. The minimum Gasteiger partial charge on any atom is -0.395 e. The molecule has 0 aromatic heterocycles. The number of nitriles is 1. The Morgan fingerprint density at radius 1 is 1.32 bits per heavy atom. The average molecular weight is 368 g/mol. The maximum absolute atomic E-state index is 12.1. The molecule has 0 heterocycles. The molecule has 0 saturated heterocycles. The predicted octanol–water partition coefficient (Wildman–Crippen LogP) is 0.759. The predicted molar refractivity (Wildman–Crippen MR) is 85.4 cm³/mol. The normalized spacial score (nSPS) is 10.9. The van der Waals surface area contributed by atoms with Gasteiger partial charge < -0.3 is 20.4 Å². The zero-order valence-electron chi connectivity index (χ0n) is 12.0. The third-order valence-electron chi connectivity index (χ3n) is 2.87. The van der Waals surface area contributed by atoms with Gasteiger partial charge in [-0.15, -0.1) is 0 Å². The highest BCUT2D eigenvalue weighted by Gasteiger charge is 2.17. The van der Waals surface area contributed by atoms with Crippen LogP contribution in [0.4, 0.5) is 0 Å². The SMILES string of the molecule is N#C/C(=C/NCc1ccccc1Br)C(=O)N(CCO)CCO. The minimum absolute atomic E-state index is 0.0721. The van der Waals surface area contributed by atoms with Crippen molar-refractivity contribution in [2.45, 2.75) is 6.54 Å². The van der Waals surface area contributed by atoms with E-state index in [0.717, 1.165) is 10.0 Å². The fraction of sp³-hybridized carbons (Fsp3) is 0.333. The van der Waals surface area contributed by atoms with Crippen molar-refractivity contribution >= 4 is 21.8 Å². The molecule has 0 spiro atoms. The lowest BCUT2D eigenvalue weighted by Crippen LogP contribution is -2.37. The van der Waals surface area contributed by atoms with Gasteiger partial charge in [-0.3, -0.25) is 4.79 Å². The van der Waals surface area contributed by atoms with Crippen LogP contribution in [0.1, 0.15) is 5.56 Å². The second-order valence-corrected chi connectivity index (χ2v) is 5.24. The van der Waals surface area contributed by atoms with Crippen molar-refractivity contribution in [3.8, 4) is 6.07 Å². The molecule has 0 unspecified atom stereocenters. The van der Waals surface area contributed by atoms with E-state index in [0.29, 0.717) is 6.54 Å². The Kier molecular flexibility index (Phi) is 8.22. The van der Waals surface area contributed by atoms with Gasteiger partial charge in [0.2, 0.25) is 0 Å². The maximum atomic E-state index is 12.1. The van der Waals surface area contributed by atoms with E-state index in [9.17, 15) is 4.79 Å². The molecule has 0 aliphatic carbocycles. The van der Waals surface area contributed by atoms with Gasteiger partial charge in [0.1, 0.15) is 11.6 Å². The first-order valence-electron chi connectivity index (χ1n) is 6.72. The number of halogens is 1. The fourth-order valence-electron chi connectivity index (χ4n) is 1.77. The molecule has 1 aromatic carbocycles. The number of nitrogens with one attached hydrogen (secondary N) is 1. The number of amides is 1. The summed E-state index contributed by atoms with van der Waals surface area (Å²) >= 11 is 3.42. The number of benzene rings is 1. The zero-order chi connectivity index (χ0) is 16.4. The number of hydrogen-bond acceptors (Lipinski definition) is 5. The van der Waals surface area contributed by atoms with Crippen molar-refractivity contribution < 1.29 is 15.0 Å². The standard InChI is InChI=1S/C15H18BrN3O3/c16-14-4-2-1-3-12(14)10-18-11-13(9-17)15(22)19(5-7-20)6-8-21/h1-4,11,18,20-21H,5-8,10H2/b13-11-. The van der Waals surface area contributed by atoms with Crippen molar-refractivity contribution in [2.24, 2.45) is 0 Å². The third-order valence-corrected chi connectivity index (χ3v) is 3.65. The lowest BCUT2D eigenvalue weighted by atomic mass is 10.2. The van der Waals surface area contributed by atoms with E-state index in [-0.39, 0.29) is 31.9 Å². The van der Waals surface area contributed by atoms with Crippen LogP contribution in [0.5, 0.6) is 0 Å². The maximum Gasteiger partial charge on any atom is 0.266 e. The van der Waals surface area contributed by atoms with Crippen LogP contribution in [0, 0.1) is 11.3 Å². The Morgan fingerprint density at radius 3 is 2.50 bits per heavy atom. The lowest BCUT2D eigenvalue weighted by Gasteiger charge is -2.20. The van der Waals surface area contributed by atoms with Crippen LogP contribution in [-0.2, 0) is 11.3 Å². The number of carbonyl (C=O) groups is 1. The molecule has 1 amide bonds. The number of carbonyl (C=O) groups excluding carboxylic acids is 1. The number of aliphatic hydroxyl groups is 2. The molecule has 1 aromatic rings. The van der Waals surface area contributed by atoms with Gasteiger partial charge in [0.25, 0.3) is 5.91 Å². The molecule has 0 fully saturated rings. The first-order valence-corrected chi connectivity index (χ1v) is 7.51. The van der Waals surface area contributed by atoms with Crippen molar-refractivity contribution in [1.29, 1.82) is 5.26 Å². The molecule has 3 N–H and O–H groups in total. The van der Waals surface area contributed by atoms with Crippen LogP contribution in [-0.4, -0.2) is 47.3 Å². The van der Waals surface area contributed by atoms with Gasteiger partial charge in [0.15, 0.2) is 0 Å². The summed E-state index contributed by atoms with van der Waals surface area (Å²) in [5.74, 6) is -0.523. The quantitative estimate of drug-likeness (QED) is 0.465. The summed E-state index contributed by atoms with van der Waals surface area (Å²) in [6.07, 6.45) is 1.35. The topological polar surface area (TPSA) is 96.6 Å². The van der Waals surface area contributed by atoms with E-state index in [4.69, 9.17) is 15.5 Å². The van der Waals surface area contributed by atoms with Crippen LogP contribution in [0.25, 0.3) is 0 Å². The van der Waals surface area contributed by atoms with Crippen LogP contribution >= 0.6 is 15.9 Å². The molecule has 0 bridgehead atoms. The molecule has 0 aliphatic heterocycles. The fourth-order valence-corrected chi connectivity index (χ4v) is 2.20.